The molecule has 2 aromatic carbocycles. The second-order valence-electron chi connectivity index (χ2n) is 7.19. The number of carbonyl (C=O) groups is 2. The van der Waals surface area contributed by atoms with Crippen LogP contribution in [0.5, 0.6) is 0 Å². The number of anilines is 1. The summed E-state index contributed by atoms with van der Waals surface area (Å²) in [6, 6.07) is 19.8. The van der Waals surface area contributed by atoms with Crippen LogP contribution in [0.1, 0.15) is 28.8 Å². The number of carbonyl (C=O) groups excluding carboxylic acids is 2. The summed E-state index contributed by atoms with van der Waals surface area (Å²) in [4.78, 5) is 32.6. The highest BCUT2D eigenvalue weighted by molar-refractivity contribution is 8.26. The Kier molecular flexibility index (Phi) is 7.47. The summed E-state index contributed by atoms with van der Waals surface area (Å²) in [6.07, 6.45) is 5.26. The van der Waals surface area contributed by atoms with Gasteiger partial charge < -0.3 is 5.32 Å². The summed E-state index contributed by atoms with van der Waals surface area (Å²) in [5.74, 6) is -0.217. The molecule has 2 heterocycles. The van der Waals surface area contributed by atoms with Crippen LogP contribution in [0.4, 0.5) is 5.13 Å². The number of amides is 2. The number of nitrogens with one attached hydrogen (secondary N) is 1. The minimum atomic E-state index is -0.115. The number of thiazole rings is 1. The van der Waals surface area contributed by atoms with E-state index >= 15 is 0 Å². The molecule has 5 nitrogen and oxygen atoms in total. The Morgan fingerprint density at radius 1 is 1.09 bits per heavy atom. The largest absolute Gasteiger partial charge is 0.302 e. The molecule has 8 heteroatoms. The van der Waals surface area contributed by atoms with Gasteiger partial charge in [-0.2, -0.15) is 0 Å². The third-order valence-electron chi connectivity index (χ3n) is 4.78. The standard InChI is InChI=1S/C24H21N3O2S3/c28-21(26-23-25-16-19(31-23)14-17-8-3-1-4-9-17)12-7-13-27-22(29)20(32-24(27)30)15-18-10-5-2-6-11-18/h1-6,8-11,15-16H,7,12-14H2,(H,25,26,28)/b20-15+. The fourth-order valence-electron chi connectivity index (χ4n) is 3.22. The van der Waals surface area contributed by atoms with Gasteiger partial charge in [0, 0.05) is 30.5 Å². The van der Waals surface area contributed by atoms with Gasteiger partial charge in [0.2, 0.25) is 5.91 Å². The van der Waals surface area contributed by atoms with Crippen LogP contribution in [0.25, 0.3) is 6.08 Å². The van der Waals surface area contributed by atoms with E-state index in [-0.39, 0.29) is 11.8 Å². The van der Waals surface area contributed by atoms with Crippen LogP contribution in [-0.2, 0) is 16.0 Å². The van der Waals surface area contributed by atoms with E-state index in [9.17, 15) is 9.59 Å². The predicted octanol–water partition coefficient (Wildman–Crippen LogP) is 5.35. The van der Waals surface area contributed by atoms with Crippen LogP contribution in [0, 0.1) is 0 Å². The maximum absolute atomic E-state index is 12.7. The minimum absolute atomic E-state index is 0.102. The molecule has 1 N–H and O–H groups in total. The summed E-state index contributed by atoms with van der Waals surface area (Å²) in [7, 11) is 0. The van der Waals surface area contributed by atoms with E-state index in [1.165, 1.54) is 28.7 Å². The van der Waals surface area contributed by atoms with Gasteiger partial charge >= 0.3 is 0 Å². The van der Waals surface area contributed by atoms with E-state index in [2.05, 4.69) is 22.4 Å². The molecule has 0 radical (unpaired) electrons. The zero-order chi connectivity index (χ0) is 22.3. The van der Waals surface area contributed by atoms with Gasteiger partial charge in [-0.05, 0) is 23.6 Å². The predicted molar refractivity (Wildman–Crippen MR) is 136 cm³/mol. The van der Waals surface area contributed by atoms with Crippen molar-refractivity contribution in [3.05, 3.63) is 87.8 Å². The molecule has 0 aliphatic carbocycles. The van der Waals surface area contributed by atoms with Crippen molar-refractivity contribution in [3.8, 4) is 0 Å². The van der Waals surface area contributed by atoms with Gasteiger partial charge in [-0.1, -0.05) is 84.6 Å². The summed E-state index contributed by atoms with van der Waals surface area (Å²) in [6.45, 7) is 0.418. The number of benzene rings is 2. The zero-order valence-electron chi connectivity index (χ0n) is 17.2. The van der Waals surface area contributed by atoms with Crippen molar-refractivity contribution < 1.29 is 9.59 Å². The Morgan fingerprint density at radius 3 is 2.56 bits per heavy atom. The van der Waals surface area contributed by atoms with Gasteiger partial charge in [-0.15, -0.1) is 11.3 Å². The average Bonchev–Trinajstić information content (AvgIpc) is 3.33. The summed E-state index contributed by atoms with van der Waals surface area (Å²) >= 11 is 8.15. The van der Waals surface area contributed by atoms with E-state index in [4.69, 9.17) is 12.2 Å². The van der Waals surface area contributed by atoms with E-state index in [1.807, 2.05) is 54.6 Å². The third-order valence-corrected chi connectivity index (χ3v) is 7.07. The number of hydrogen-bond acceptors (Lipinski definition) is 6. The van der Waals surface area contributed by atoms with Crippen molar-refractivity contribution >= 4 is 62.7 Å². The highest BCUT2D eigenvalue weighted by Crippen LogP contribution is 2.32. The lowest BCUT2D eigenvalue weighted by molar-refractivity contribution is -0.122. The summed E-state index contributed by atoms with van der Waals surface area (Å²) in [5, 5.41) is 3.45. The molecule has 0 unspecified atom stereocenters. The molecule has 3 aromatic rings. The SMILES string of the molecule is O=C(CCCN1C(=O)/C(=C\c2ccccc2)SC1=S)Nc1ncc(Cc2ccccc2)s1. The monoisotopic (exact) mass is 479 g/mol. The maximum atomic E-state index is 12.7. The highest BCUT2D eigenvalue weighted by Gasteiger charge is 2.31. The van der Waals surface area contributed by atoms with Crippen LogP contribution in [0.15, 0.2) is 71.8 Å². The van der Waals surface area contributed by atoms with Gasteiger partial charge in [-0.25, -0.2) is 4.98 Å². The molecule has 0 saturated carbocycles. The van der Waals surface area contributed by atoms with Crippen molar-refractivity contribution in [2.75, 3.05) is 11.9 Å². The molecule has 1 aliphatic rings. The first-order chi connectivity index (χ1) is 15.6. The smallest absolute Gasteiger partial charge is 0.266 e. The normalized spacial score (nSPS) is 14.9. The van der Waals surface area contributed by atoms with Gasteiger partial charge in [0.25, 0.3) is 5.91 Å². The average molecular weight is 480 g/mol. The first-order valence-electron chi connectivity index (χ1n) is 10.2. The number of aromatic nitrogens is 1. The van der Waals surface area contributed by atoms with Crippen LogP contribution >= 0.6 is 35.3 Å². The van der Waals surface area contributed by atoms with Gasteiger partial charge in [0.05, 0.1) is 4.91 Å². The van der Waals surface area contributed by atoms with Crippen LogP contribution in [-0.4, -0.2) is 32.6 Å². The molecule has 1 aliphatic heterocycles. The molecule has 2 amide bonds. The van der Waals surface area contributed by atoms with E-state index in [1.54, 1.807) is 11.1 Å². The fraction of sp³-hybridized carbons (Fsp3) is 0.167. The molecule has 162 valence electrons. The van der Waals surface area contributed by atoms with Gasteiger partial charge in [0.15, 0.2) is 5.13 Å². The number of thioether (sulfide) groups is 1. The minimum Gasteiger partial charge on any atom is -0.302 e. The lowest BCUT2D eigenvalue weighted by Gasteiger charge is -2.13. The van der Waals surface area contributed by atoms with Crippen LogP contribution in [0.2, 0.25) is 0 Å². The molecule has 1 aromatic heterocycles. The molecule has 0 spiro atoms. The van der Waals surface area contributed by atoms with Crippen LogP contribution < -0.4 is 5.32 Å². The zero-order valence-corrected chi connectivity index (χ0v) is 19.6. The summed E-state index contributed by atoms with van der Waals surface area (Å²) in [5.41, 5.74) is 2.17. The van der Waals surface area contributed by atoms with Gasteiger partial charge in [0.1, 0.15) is 4.32 Å². The Bertz CT molecular complexity index is 1140. The second-order valence-corrected chi connectivity index (χ2v) is 9.98. The third kappa shape index (κ3) is 5.91. The van der Waals surface area contributed by atoms with E-state index in [0.717, 1.165) is 16.9 Å². The van der Waals surface area contributed by atoms with E-state index in [0.29, 0.717) is 33.7 Å². The molecule has 0 atom stereocenters. The summed E-state index contributed by atoms with van der Waals surface area (Å²) < 4.78 is 0.531. The van der Waals surface area contributed by atoms with Gasteiger partial charge in [-0.3, -0.25) is 14.5 Å². The number of thiocarbonyl (C=S) groups is 1. The highest BCUT2D eigenvalue weighted by atomic mass is 32.2. The fourth-order valence-corrected chi connectivity index (χ4v) is 5.39. The molecule has 4 rings (SSSR count). The topological polar surface area (TPSA) is 62.3 Å². The van der Waals surface area contributed by atoms with Crippen molar-refractivity contribution in [1.29, 1.82) is 0 Å². The van der Waals surface area contributed by atoms with Crippen molar-refractivity contribution in [2.24, 2.45) is 0 Å². The Morgan fingerprint density at radius 2 is 1.81 bits per heavy atom. The van der Waals surface area contributed by atoms with E-state index < -0.39 is 0 Å². The van der Waals surface area contributed by atoms with Crippen molar-refractivity contribution in [1.82, 2.24) is 9.88 Å². The molecule has 0 bridgehead atoms. The second kappa shape index (κ2) is 10.7. The molecular weight excluding hydrogens is 458 g/mol. The first kappa shape index (κ1) is 22.4. The quantitative estimate of drug-likeness (QED) is 0.348. The number of hydrogen-bond donors (Lipinski definition) is 1. The van der Waals surface area contributed by atoms with Crippen LogP contribution in [0.3, 0.4) is 0 Å². The Hall–Kier alpha value is -2.81. The molecular formula is C24H21N3O2S3. The Labute approximate surface area is 200 Å². The number of nitrogens with zero attached hydrogens (tertiary/aromatic N) is 2. The van der Waals surface area contributed by atoms with Crippen molar-refractivity contribution in [2.45, 2.75) is 19.3 Å². The lowest BCUT2D eigenvalue weighted by Crippen LogP contribution is -2.29. The molecule has 32 heavy (non-hydrogen) atoms. The number of rotatable bonds is 8. The Balaban J connectivity index is 1.25. The molecule has 1 saturated heterocycles. The molecule has 1 fully saturated rings. The van der Waals surface area contributed by atoms with Crippen molar-refractivity contribution in [3.63, 3.8) is 0 Å². The first-order valence-corrected chi connectivity index (χ1v) is 12.2. The maximum Gasteiger partial charge on any atom is 0.266 e. The lowest BCUT2D eigenvalue weighted by atomic mass is 10.1.